The largest absolute Gasteiger partial charge is 0.420 e. The van der Waals surface area contributed by atoms with Gasteiger partial charge in [-0.1, -0.05) is 36.1 Å². The second-order valence-electron chi connectivity index (χ2n) is 3.71. The molecule has 4 heteroatoms. The van der Waals surface area contributed by atoms with Crippen LogP contribution in [0.2, 0.25) is 0 Å². The Balaban J connectivity index is 2.08. The lowest BCUT2D eigenvalue weighted by molar-refractivity contribution is 0.167. The molecule has 1 atom stereocenters. The third kappa shape index (κ3) is 3.64. The second-order valence-corrected chi connectivity index (χ2v) is 3.98. The van der Waals surface area contributed by atoms with Gasteiger partial charge in [0.1, 0.15) is 11.8 Å². The number of amides is 1. The molecule has 0 fully saturated rings. The number of hydrogen-bond acceptors (Lipinski definition) is 2. The fourth-order valence-electron chi connectivity index (χ4n) is 1.57. The van der Waals surface area contributed by atoms with Crippen LogP contribution >= 0.6 is 11.6 Å². The summed E-state index contributed by atoms with van der Waals surface area (Å²) in [6.07, 6.45) is 6.57. The molecular formula is C15H12ClNO2. The summed E-state index contributed by atoms with van der Waals surface area (Å²) in [5, 5.41) is 0. The average Bonchev–Trinajstić information content (AvgIpc) is 2.46. The number of rotatable bonds is 1. The van der Waals surface area contributed by atoms with Crippen molar-refractivity contribution in [2.24, 2.45) is 0 Å². The summed E-state index contributed by atoms with van der Waals surface area (Å²) in [6.45, 7) is 0. The predicted octanol–water partition coefficient (Wildman–Crippen LogP) is 3.18. The molecule has 0 N–H and O–H groups in total. The first-order valence-electron chi connectivity index (χ1n) is 5.76. The molecule has 0 bridgehead atoms. The monoisotopic (exact) mass is 273 g/mol. The van der Waals surface area contributed by atoms with E-state index in [-0.39, 0.29) is 11.9 Å². The van der Waals surface area contributed by atoms with E-state index >= 15 is 0 Å². The first kappa shape index (κ1) is 13.3. The fraction of sp³-hybridized carbons (Fsp3) is 0.133. The van der Waals surface area contributed by atoms with Crippen LogP contribution in [0.1, 0.15) is 0 Å². The lowest BCUT2D eigenvalue weighted by atomic mass is 10.2. The molecular weight excluding hydrogens is 262 g/mol. The fourth-order valence-corrected chi connectivity index (χ4v) is 1.65. The summed E-state index contributed by atoms with van der Waals surface area (Å²) in [5.41, 5.74) is 0. The van der Waals surface area contributed by atoms with Crippen LogP contribution in [0.15, 0.2) is 54.8 Å². The lowest BCUT2D eigenvalue weighted by Gasteiger charge is -2.23. The number of nitrogens with zero attached hydrogens (tertiary/aromatic N) is 1. The Morgan fingerprint density at radius 1 is 1.32 bits per heavy atom. The average molecular weight is 274 g/mol. The normalized spacial score (nSPS) is 16.7. The van der Waals surface area contributed by atoms with Gasteiger partial charge in [-0.3, -0.25) is 4.90 Å². The molecule has 96 valence electrons. The quantitative estimate of drug-likeness (QED) is 0.581. The van der Waals surface area contributed by atoms with Crippen LogP contribution in [-0.4, -0.2) is 22.9 Å². The van der Waals surface area contributed by atoms with Crippen molar-refractivity contribution in [2.75, 3.05) is 5.88 Å². The number of alkyl halides is 1. The van der Waals surface area contributed by atoms with Crippen molar-refractivity contribution in [3.8, 4) is 17.6 Å². The van der Waals surface area contributed by atoms with Crippen LogP contribution in [0.5, 0.6) is 5.75 Å². The summed E-state index contributed by atoms with van der Waals surface area (Å²) >= 11 is 5.53. The number of benzene rings is 1. The molecule has 0 saturated carbocycles. The minimum absolute atomic E-state index is 0.232. The van der Waals surface area contributed by atoms with Gasteiger partial charge in [-0.2, -0.15) is 0 Å². The van der Waals surface area contributed by atoms with Gasteiger partial charge in [0.25, 0.3) is 0 Å². The van der Waals surface area contributed by atoms with E-state index in [1.165, 1.54) is 4.90 Å². The number of ether oxygens (including phenoxy) is 1. The molecule has 1 unspecified atom stereocenters. The maximum Gasteiger partial charge on any atom is 0.420 e. The lowest BCUT2D eigenvalue weighted by Crippen LogP contribution is -2.37. The summed E-state index contributed by atoms with van der Waals surface area (Å²) in [5.74, 6) is 6.37. The van der Waals surface area contributed by atoms with E-state index in [4.69, 9.17) is 16.3 Å². The van der Waals surface area contributed by atoms with Crippen molar-refractivity contribution in [3.05, 3.63) is 54.8 Å². The summed E-state index contributed by atoms with van der Waals surface area (Å²) in [6, 6.07) is 8.57. The third-order valence-electron chi connectivity index (χ3n) is 2.43. The van der Waals surface area contributed by atoms with Crippen LogP contribution in [0.3, 0.4) is 0 Å². The van der Waals surface area contributed by atoms with E-state index in [2.05, 4.69) is 11.8 Å². The van der Waals surface area contributed by atoms with Gasteiger partial charge in [-0.05, 0) is 24.3 Å². The molecule has 0 saturated heterocycles. The highest BCUT2D eigenvalue weighted by molar-refractivity contribution is 6.19. The zero-order valence-electron chi connectivity index (χ0n) is 10.1. The van der Waals surface area contributed by atoms with Crippen LogP contribution in [0.4, 0.5) is 4.79 Å². The Bertz CT molecular complexity index is 555. The zero-order valence-corrected chi connectivity index (χ0v) is 10.9. The highest BCUT2D eigenvalue weighted by Crippen LogP contribution is 2.14. The summed E-state index contributed by atoms with van der Waals surface area (Å²) in [7, 11) is 0. The summed E-state index contributed by atoms with van der Waals surface area (Å²) < 4.78 is 5.27. The first-order chi connectivity index (χ1) is 9.31. The topological polar surface area (TPSA) is 29.5 Å². The van der Waals surface area contributed by atoms with E-state index in [1.807, 2.05) is 18.2 Å². The number of allylic oxidation sites excluding steroid dienone is 2. The molecule has 19 heavy (non-hydrogen) atoms. The molecule has 0 aromatic heterocycles. The molecule has 3 nitrogen and oxygen atoms in total. The van der Waals surface area contributed by atoms with Gasteiger partial charge in [-0.25, -0.2) is 4.79 Å². The van der Waals surface area contributed by atoms with Gasteiger partial charge in [0.2, 0.25) is 0 Å². The molecule has 1 aliphatic rings. The summed E-state index contributed by atoms with van der Waals surface area (Å²) in [4.78, 5) is 13.5. The minimum Gasteiger partial charge on any atom is -0.410 e. The number of hydrogen-bond donors (Lipinski definition) is 0. The van der Waals surface area contributed by atoms with Gasteiger partial charge in [-0.15, -0.1) is 11.6 Å². The van der Waals surface area contributed by atoms with E-state index in [1.54, 1.807) is 36.5 Å². The standard InChI is InChI=1S/C15H12ClNO2/c16-11-6-8-13-7-4-5-12-17(13)15(18)19-14-9-2-1-3-10-14/h1-5,7,9-10,12-13H,11H2. The van der Waals surface area contributed by atoms with Crippen LogP contribution in [0, 0.1) is 11.8 Å². The van der Waals surface area contributed by atoms with E-state index in [0.29, 0.717) is 5.75 Å². The van der Waals surface area contributed by atoms with Gasteiger partial charge < -0.3 is 4.74 Å². The Hall–Kier alpha value is -2.18. The van der Waals surface area contributed by atoms with Crippen molar-refractivity contribution >= 4 is 17.7 Å². The van der Waals surface area contributed by atoms with Gasteiger partial charge in [0.05, 0.1) is 5.88 Å². The van der Waals surface area contributed by atoms with E-state index in [9.17, 15) is 4.79 Å². The smallest absolute Gasteiger partial charge is 0.410 e. The number of para-hydroxylation sites is 1. The Morgan fingerprint density at radius 3 is 2.84 bits per heavy atom. The van der Waals surface area contributed by atoms with Crippen LogP contribution in [-0.2, 0) is 0 Å². The SMILES string of the molecule is O=C(Oc1ccccc1)N1C=CC=CC1C#CCCl. The molecule has 1 aromatic carbocycles. The van der Waals surface area contributed by atoms with Gasteiger partial charge in [0, 0.05) is 6.20 Å². The molecule has 1 heterocycles. The third-order valence-corrected chi connectivity index (χ3v) is 2.56. The van der Waals surface area contributed by atoms with Crippen molar-refractivity contribution in [2.45, 2.75) is 6.04 Å². The molecule has 1 aliphatic heterocycles. The Kier molecular flexibility index (Phi) is 4.66. The maximum atomic E-state index is 12.1. The number of carbonyl (C=O) groups is 1. The van der Waals surface area contributed by atoms with Crippen molar-refractivity contribution < 1.29 is 9.53 Å². The van der Waals surface area contributed by atoms with Gasteiger partial charge >= 0.3 is 6.09 Å². The van der Waals surface area contributed by atoms with Crippen molar-refractivity contribution in [1.82, 2.24) is 4.90 Å². The molecule has 0 radical (unpaired) electrons. The van der Waals surface area contributed by atoms with Crippen LogP contribution < -0.4 is 4.74 Å². The maximum absolute atomic E-state index is 12.1. The van der Waals surface area contributed by atoms with E-state index < -0.39 is 6.09 Å². The first-order valence-corrected chi connectivity index (χ1v) is 6.29. The second kappa shape index (κ2) is 6.67. The van der Waals surface area contributed by atoms with Crippen LogP contribution in [0.25, 0.3) is 0 Å². The van der Waals surface area contributed by atoms with Crippen molar-refractivity contribution in [3.63, 3.8) is 0 Å². The molecule has 1 aromatic rings. The molecule has 1 amide bonds. The van der Waals surface area contributed by atoms with E-state index in [0.717, 1.165) is 0 Å². The Labute approximate surface area is 117 Å². The number of carbonyl (C=O) groups excluding carboxylic acids is 1. The molecule has 0 aliphatic carbocycles. The minimum atomic E-state index is -0.472. The molecule has 2 rings (SSSR count). The predicted molar refractivity (Wildman–Crippen MR) is 74.9 cm³/mol. The zero-order chi connectivity index (χ0) is 13.5. The molecule has 0 spiro atoms. The van der Waals surface area contributed by atoms with Crippen molar-refractivity contribution in [1.29, 1.82) is 0 Å². The highest BCUT2D eigenvalue weighted by atomic mass is 35.5. The number of halogens is 1. The Morgan fingerprint density at radius 2 is 2.11 bits per heavy atom. The highest BCUT2D eigenvalue weighted by Gasteiger charge is 2.21. The van der Waals surface area contributed by atoms with Gasteiger partial charge in [0.15, 0.2) is 0 Å².